The van der Waals surface area contributed by atoms with Crippen LogP contribution in [0.1, 0.15) is 24.2 Å². The number of aromatic nitrogens is 1. The SMILES string of the molecule is CCOC(CSc1ncccc1C(=O)O)OCC. The van der Waals surface area contributed by atoms with E-state index in [1.807, 2.05) is 13.8 Å². The summed E-state index contributed by atoms with van der Waals surface area (Å²) < 4.78 is 10.8. The Hall–Kier alpha value is -1.11. The summed E-state index contributed by atoms with van der Waals surface area (Å²) >= 11 is 1.32. The molecule has 0 aliphatic carbocycles. The van der Waals surface area contributed by atoms with Gasteiger partial charge in [0, 0.05) is 19.4 Å². The molecule has 0 aliphatic rings. The predicted molar refractivity (Wildman–Crippen MR) is 69.0 cm³/mol. The van der Waals surface area contributed by atoms with Crippen LogP contribution in [-0.2, 0) is 9.47 Å². The van der Waals surface area contributed by atoms with Crippen LogP contribution in [0.2, 0.25) is 0 Å². The summed E-state index contributed by atoms with van der Waals surface area (Å²) in [6.07, 6.45) is 1.24. The Balaban J connectivity index is 2.63. The van der Waals surface area contributed by atoms with Crippen molar-refractivity contribution < 1.29 is 19.4 Å². The van der Waals surface area contributed by atoms with Crippen molar-refractivity contribution in [3.8, 4) is 0 Å². The molecular weight excluding hydrogens is 254 g/mol. The summed E-state index contributed by atoms with van der Waals surface area (Å²) in [6, 6.07) is 3.14. The third kappa shape index (κ3) is 4.64. The molecule has 0 aliphatic heterocycles. The van der Waals surface area contributed by atoms with E-state index in [1.165, 1.54) is 17.8 Å². The maximum atomic E-state index is 11.0. The predicted octanol–water partition coefficient (Wildman–Crippen LogP) is 2.27. The van der Waals surface area contributed by atoms with E-state index in [9.17, 15) is 4.79 Å². The van der Waals surface area contributed by atoms with Gasteiger partial charge in [-0.15, -0.1) is 11.8 Å². The highest BCUT2D eigenvalue weighted by molar-refractivity contribution is 7.99. The standard InChI is InChI=1S/C12H17NO4S/c1-3-16-10(17-4-2)8-18-11-9(12(14)15)6-5-7-13-11/h5-7,10H,3-4,8H2,1-2H3,(H,14,15). The van der Waals surface area contributed by atoms with Crippen molar-refractivity contribution in [2.75, 3.05) is 19.0 Å². The average molecular weight is 271 g/mol. The van der Waals surface area contributed by atoms with Gasteiger partial charge in [-0.05, 0) is 26.0 Å². The zero-order valence-electron chi connectivity index (χ0n) is 10.5. The fourth-order valence-corrected chi connectivity index (χ4v) is 2.26. The Morgan fingerprint density at radius 1 is 1.44 bits per heavy atom. The molecule has 1 N–H and O–H groups in total. The molecule has 0 spiro atoms. The van der Waals surface area contributed by atoms with E-state index < -0.39 is 5.97 Å². The van der Waals surface area contributed by atoms with Gasteiger partial charge >= 0.3 is 5.97 Å². The highest BCUT2D eigenvalue weighted by Gasteiger charge is 2.14. The van der Waals surface area contributed by atoms with Gasteiger partial charge in [0.15, 0.2) is 6.29 Å². The minimum atomic E-state index is -0.977. The zero-order valence-corrected chi connectivity index (χ0v) is 11.3. The number of rotatable bonds is 8. The molecule has 0 amide bonds. The van der Waals surface area contributed by atoms with Crippen molar-refractivity contribution in [2.24, 2.45) is 0 Å². The van der Waals surface area contributed by atoms with Crippen LogP contribution in [0.3, 0.4) is 0 Å². The van der Waals surface area contributed by atoms with Crippen molar-refractivity contribution in [1.82, 2.24) is 4.98 Å². The van der Waals surface area contributed by atoms with Crippen LogP contribution >= 0.6 is 11.8 Å². The summed E-state index contributed by atoms with van der Waals surface area (Å²) in [5, 5.41) is 9.50. The largest absolute Gasteiger partial charge is 0.478 e. The van der Waals surface area contributed by atoms with Crippen molar-refractivity contribution in [3.63, 3.8) is 0 Å². The Morgan fingerprint density at radius 2 is 2.11 bits per heavy atom. The number of carboxylic acid groups (broad SMARTS) is 1. The molecule has 18 heavy (non-hydrogen) atoms. The molecule has 1 aromatic rings. The topological polar surface area (TPSA) is 68.7 Å². The van der Waals surface area contributed by atoms with Crippen molar-refractivity contribution in [3.05, 3.63) is 23.9 Å². The molecule has 0 bridgehead atoms. The van der Waals surface area contributed by atoms with E-state index in [4.69, 9.17) is 14.6 Å². The molecular formula is C12H17NO4S. The molecule has 0 fully saturated rings. The second-order valence-corrected chi connectivity index (χ2v) is 4.32. The fraction of sp³-hybridized carbons (Fsp3) is 0.500. The average Bonchev–Trinajstić information content (AvgIpc) is 2.36. The quantitative estimate of drug-likeness (QED) is 0.578. The Bertz CT molecular complexity index is 380. The van der Waals surface area contributed by atoms with Crippen LogP contribution < -0.4 is 0 Å². The second kappa shape index (κ2) is 8.07. The van der Waals surface area contributed by atoms with E-state index in [0.29, 0.717) is 24.0 Å². The third-order valence-corrected chi connectivity index (χ3v) is 3.10. The van der Waals surface area contributed by atoms with Gasteiger partial charge in [0.2, 0.25) is 0 Å². The molecule has 100 valence electrons. The molecule has 1 heterocycles. The molecule has 1 aromatic heterocycles. The molecule has 5 nitrogen and oxygen atoms in total. The Kier molecular flexibility index (Phi) is 6.70. The van der Waals surface area contributed by atoms with Gasteiger partial charge in [-0.1, -0.05) is 0 Å². The molecule has 0 aromatic carbocycles. The van der Waals surface area contributed by atoms with Crippen LogP contribution in [0.5, 0.6) is 0 Å². The highest BCUT2D eigenvalue weighted by atomic mass is 32.2. The first-order chi connectivity index (χ1) is 8.69. The smallest absolute Gasteiger partial charge is 0.338 e. The molecule has 1 rings (SSSR count). The van der Waals surface area contributed by atoms with Crippen LogP contribution in [0.4, 0.5) is 0 Å². The summed E-state index contributed by atoms with van der Waals surface area (Å²) in [5.41, 5.74) is 0.203. The van der Waals surface area contributed by atoms with Gasteiger partial charge in [0.1, 0.15) is 5.03 Å². The summed E-state index contributed by atoms with van der Waals surface area (Å²) in [6.45, 7) is 4.89. The number of carbonyl (C=O) groups is 1. The summed E-state index contributed by atoms with van der Waals surface area (Å²) in [5.74, 6) is -0.464. The van der Waals surface area contributed by atoms with E-state index in [1.54, 1.807) is 12.3 Å². The summed E-state index contributed by atoms with van der Waals surface area (Å²) in [4.78, 5) is 15.1. The van der Waals surface area contributed by atoms with Crippen molar-refractivity contribution in [1.29, 1.82) is 0 Å². The lowest BCUT2D eigenvalue weighted by Crippen LogP contribution is -2.20. The van der Waals surface area contributed by atoms with Gasteiger partial charge < -0.3 is 14.6 Å². The lowest BCUT2D eigenvalue weighted by atomic mass is 10.3. The second-order valence-electron chi connectivity index (χ2n) is 3.31. The first-order valence-corrected chi connectivity index (χ1v) is 6.71. The summed E-state index contributed by atoms with van der Waals surface area (Å²) in [7, 11) is 0. The molecule has 0 radical (unpaired) electrons. The van der Waals surface area contributed by atoms with Crippen LogP contribution in [0, 0.1) is 0 Å². The molecule has 0 saturated carbocycles. The Labute approximate surface area is 111 Å². The highest BCUT2D eigenvalue weighted by Crippen LogP contribution is 2.21. The van der Waals surface area contributed by atoms with Gasteiger partial charge in [0.25, 0.3) is 0 Å². The minimum Gasteiger partial charge on any atom is -0.478 e. The number of aromatic carboxylic acids is 1. The lowest BCUT2D eigenvalue weighted by molar-refractivity contribution is -0.120. The van der Waals surface area contributed by atoms with Gasteiger partial charge in [-0.2, -0.15) is 0 Å². The molecule has 6 heteroatoms. The molecule has 0 unspecified atom stereocenters. The van der Waals surface area contributed by atoms with E-state index >= 15 is 0 Å². The normalized spacial score (nSPS) is 10.8. The zero-order chi connectivity index (χ0) is 13.4. The van der Waals surface area contributed by atoms with Gasteiger partial charge in [-0.25, -0.2) is 9.78 Å². The molecule has 0 saturated heterocycles. The monoisotopic (exact) mass is 271 g/mol. The molecule has 0 atom stereocenters. The van der Waals surface area contributed by atoms with E-state index in [0.717, 1.165) is 0 Å². The third-order valence-electron chi connectivity index (χ3n) is 2.06. The lowest BCUT2D eigenvalue weighted by Gasteiger charge is -2.16. The number of hydrogen-bond donors (Lipinski definition) is 1. The number of thioether (sulfide) groups is 1. The number of carboxylic acids is 1. The van der Waals surface area contributed by atoms with Gasteiger partial charge in [-0.3, -0.25) is 0 Å². The number of hydrogen-bond acceptors (Lipinski definition) is 5. The van der Waals surface area contributed by atoms with E-state index in [-0.39, 0.29) is 11.9 Å². The van der Waals surface area contributed by atoms with Gasteiger partial charge in [0.05, 0.1) is 11.3 Å². The van der Waals surface area contributed by atoms with Crippen LogP contribution in [0.25, 0.3) is 0 Å². The number of nitrogens with zero attached hydrogens (tertiary/aromatic N) is 1. The Morgan fingerprint density at radius 3 is 2.67 bits per heavy atom. The maximum Gasteiger partial charge on any atom is 0.338 e. The van der Waals surface area contributed by atoms with E-state index in [2.05, 4.69) is 4.98 Å². The maximum absolute atomic E-state index is 11.0. The number of pyridine rings is 1. The van der Waals surface area contributed by atoms with Crippen molar-refractivity contribution in [2.45, 2.75) is 25.2 Å². The fourth-order valence-electron chi connectivity index (χ4n) is 1.33. The first kappa shape index (κ1) is 14.9. The minimum absolute atomic E-state index is 0.203. The van der Waals surface area contributed by atoms with Crippen LogP contribution in [0.15, 0.2) is 23.4 Å². The first-order valence-electron chi connectivity index (χ1n) is 5.73. The van der Waals surface area contributed by atoms with Crippen molar-refractivity contribution >= 4 is 17.7 Å². The number of ether oxygens (including phenoxy) is 2. The van der Waals surface area contributed by atoms with Crippen LogP contribution in [-0.4, -0.2) is 41.3 Å².